The fourth-order valence-corrected chi connectivity index (χ4v) is 2.63. The molecule has 2 rings (SSSR count). The zero-order chi connectivity index (χ0) is 15.9. The first kappa shape index (κ1) is 16.0. The van der Waals surface area contributed by atoms with Gasteiger partial charge in [-0.05, 0) is 32.0 Å². The van der Waals surface area contributed by atoms with Gasteiger partial charge in [0.1, 0.15) is 11.9 Å². The van der Waals surface area contributed by atoms with Gasteiger partial charge in [0, 0.05) is 11.5 Å². The van der Waals surface area contributed by atoms with E-state index < -0.39 is 11.9 Å². The van der Waals surface area contributed by atoms with E-state index >= 15 is 0 Å². The maximum Gasteiger partial charge on any atom is 0.224 e. The molecule has 0 spiro atoms. The van der Waals surface area contributed by atoms with Crippen LogP contribution in [0.4, 0.5) is 4.39 Å². The Balaban J connectivity index is 1.96. The highest BCUT2D eigenvalue weighted by Gasteiger charge is 2.27. The molecule has 1 aromatic rings. The third kappa shape index (κ3) is 3.84. The second kappa shape index (κ2) is 7.59. The summed E-state index contributed by atoms with van der Waals surface area (Å²) in [5.41, 5.74) is 0.197. The van der Waals surface area contributed by atoms with E-state index in [4.69, 9.17) is 6.42 Å². The van der Waals surface area contributed by atoms with E-state index in [1.165, 1.54) is 12.1 Å². The highest BCUT2D eigenvalue weighted by atomic mass is 19.1. The summed E-state index contributed by atoms with van der Waals surface area (Å²) in [6.07, 6.45) is 6.67. The summed E-state index contributed by atoms with van der Waals surface area (Å²) in [6, 6.07) is 6.98. The third-order valence-corrected chi connectivity index (χ3v) is 3.91. The molecule has 1 fully saturated rings. The number of hydrogen-bond donors (Lipinski definition) is 1. The number of nitriles is 1. The molecule has 1 amide bonds. The van der Waals surface area contributed by atoms with Crippen LogP contribution in [0, 0.1) is 35.4 Å². The van der Waals surface area contributed by atoms with Crippen LogP contribution in [0.3, 0.4) is 0 Å². The van der Waals surface area contributed by atoms with Gasteiger partial charge in [-0.15, -0.1) is 6.42 Å². The highest BCUT2D eigenvalue weighted by molar-refractivity contribution is 5.79. The Morgan fingerprint density at radius 1 is 1.45 bits per heavy atom. The fourth-order valence-electron chi connectivity index (χ4n) is 2.63. The fraction of sp³-hybridized carbons (Fsp3) is 0.412. The molecule has 1 atom stereocenters. The second-order valence-corrected chi connectivity index (χ2v) is 5.35. The first-order valence-electron chi connectivity index (χ1n) is 7.26. The van der Waals surface area contributed by atoms with E-state index in [0.29, 0.717) is 19.4 Å². The average Bonchev–Trinajstić information content (AvgIpc) is 2.54. The molecule has 0 unspecified atom stereocenters. The van der Waals surface area contributed by atoms with Crippen LogP contribution in [0.5, 0.6) is 0 Å². The Morgan fingerprint density at radius 3 is 2.73 bits per heavy atom. The van der Waals surface area contributed by atoms with Gasteiger partial charge in [0.2, 0.25) is 5.91 Å². The Labute approximate surface area is 129 Å². The van der Waals surface area contributed by atoms with E-state index in [2.05, 4.69) is 16.1 Å². The summed E-state index contributed by atoms with van der Waals surface area (Å²) in [6.45, 7) is 2.11. The average molecular weight is 299 g/mol. The van der Waals surface area contributed by atoms with Crippen molar-refractivity contribution in [2.24, 2.45) is 5.92 Å². The van der Waals surface area contributed by atoms with Crippen molar-refractivity contribution in [1.82, 2.24) is 10.2 Å². The second-order valence-electron chi connectivity index (χ2n) is 5.35. The number of likely N-dealkylation sites (tertiary alicyclic amines) is 1. The zero-order valence-electron chi connectivity index (χ0n) is 12.3. The highest BCUT2D eigenvalue weighted by Crippen LogP contribution is 2.20. The lowest BCUT2D eigenvalue weighted by Gasteiger charge is -2.30. The first-order chi connectivity index (χ1) is 10.7. The van der Waals surface area contributed by atoms with Crippen molar-refractivity contribution in [3.8, 4) is 18.4 Å². The molecule has 1 aromatic carbocycles. The molecular weight excluding hydrogens is 281 g/mol. The molecule has 1 saturated heterocycles. The Bertz CT molecular complexity index is 609. The van der Waals surface area contributed by atoms with Crippen LogP contribution in [-0.4, -0.2) is 30.4 Å². The van der Waals surface area contributed by atoms with Gasteiger partial charge in [-0.2, -0.15) is 5.26 Å². The molecule has 0 aliphatic carbocycles. The van der Waals surface area contributed by atoms with Crippen molar-refractivity contribution in [1.29, 1.82) is 5.26 Å². The molecule has 1 N–H and O–H groups in total. The zero-order valence-corrected chi connectivity index (χ0v) is 12.3. The number of nitrogens with one attached hydrogen (secondary N) is 1. The number of carbonyl (C=O) groups excluding carboxylic acids is 1. The minimum Gasteiger partial charge on any atom is -0.336 e. The summed E-state index contributed by atoms with van der Waals surface area (Å²) in [5, 5.41) is 11.8. The Kier molecular flexibility index (Phi) is 5.52. The van der Waals surface area contributed by atoms with Crippen LogP contribution >= 0.6 is 0 Å². The Hall–Kier alpha value is -2.37. The standard InChI is InChI=1S/C17H18FN3O/c1-2-9-21-10-7-13(8-11-21)17(22)20-16(12-19)14-5-3-4-6-15(14)18/h1,3-6,13,16H,7-11H2,(H,20,22)/t16-/m1/s1. The SMILES string of the molecule is C#CCN1CCC(C(=O)N[C@H](C#N)c2ccccc2F)CC1. The monoisotopic (exact) mass is 299 g/mol. The summed E-state index contributed by atoms with van der Waals surface area (Å²) >= 11 is 0. The number of benzene rings is 1. The smallest absolute Gasteiger partial charge is 0.224 e. The van der Waals surface area contributed by atoms with Crippen LogP contribution < -0.4 is 5.32 Å². The number of terminal acetylenes is 1. The van der Waals surface area contributed by atoms with Gasteiger partial charge in [-0.1, -0.05) is 24.1 Å². The van der Waals surface area contributed by atoms with E-state index in [9.17, 15) is 14.4 Å². The summed E-state index contributed by atoms with van der Waals surface area (Å²) in [7, 11) is 0. The molecule has 1 aliphatic rings. The Morgan fingerprint density at radius 2 is 2.14 bits per heavy atom. The molecule has 4 nitrogen and oxygen atoms in total. The molecule has 0 saturated carbocycles. The number of hydrogen-bond acceptors (Lipinski definition) is 3. The maximum atomic E-state index is 13.7. The number of rotatable bonds is 4. The molecule has 22 heavy (non-hydrogen) atoms. The number of carbonyl (C=O) groups is 1. The van der Waals surface area contributed by atoms with Crippen molar-refractivity contribution in [3.05, 3.63) is 35.6 Å². The van der Waals surface area contributed by atoms with Crippen molar-refractivity contribution in [3.63, 3.8) is 0 Å². The van der Waals surface area contributed by atoms with Gasteiger partial charge in [0.05, 0.1) is 12.6 Å². The van der Waals surface area contributed by atoms with Gasteiger partial charge in [-0.25, -0.2) is 4.39 Å². The number of amides is 1. The van der Waals surface area contributed by atoms with E-state index in [0.717, 1.165) is 13.1 Å². The van der Waals surface area contributed by atoms with Crippen LogP contribution in [0.25, 0.3) is 0 Å². The molecular formula is C17H18FN3O. The number of piperidine rings is 1. The predicted molar refractivity (Wildman–Crippen MR) is 80.9 cm³/mol. The lowest BCUT2D eigenvalue weighted by molar-refractivity contribution is -0.126. The lowest BCUT2D eigenvalue weighted by Crippen LogP contribution is -2.41. The van der Waals surface area contributed by atoms with Gasteiger partial charge in [0.15, 0.2) is 0 Å². The van der Waals surface area contributed by atoms with Gasteiger partial charge in [0.25, 0.3) is 0 Å². The van der Waals surface area contributed by atoms with Crippen molar-refractivity contribution < 1.29 is 9.18 Å². The largest absolute Gasteiger partial charge is 0.336 e. The van der Waals surface area contributed by atoms with Gasteiger partial charge in [-0.3, -0.25) is 9.69 Å². The molecule has 1 heterocycles. The van der Waals surface area contributed by atoms with Gasteiger partial charge < -0.3 is 5.32 Å². The van der Waals surface area contributed by atoms with Crippen LogP contribution in [0.2, 0.25) is 0 Å². The number of halogens is 1. The van der Waals surface area contributed by atoms with Crippen LogP contribution in [-0.2, 0) is 4.79 Å². The quantitative estimate of drug-likeness (QED) is 0.863. The predicted octanol–water partition coefficient (Wildman–Crippen LogP) is 1.85. The minimum atomic E-state index is -0.961. The van der Waals surface area contributed by atoms with Crippen molar-refractivity contribution in [2.75, 3.05) is 19.6 Å². The normalized spacial score (nSPS) is 17.2. The summed E-state index contributed by atoms with van der Waals surface area (Å²) in [4.78, 5) is 14.4. The van der Waals surface area contributed by atoms with E-state index in [1.54, 1.807) is 12.1 Å². The first-order valence-corrected chi connectivity index (χ1v) is 7.26. The molecule has 1 aliphatic heterocycles. The summed E-state index contributed by atoms with van der Waals surface area (Å²) < 4.78 is 13.7. The number of nitrogens with zero attached hydrogens (tertiary/aromatic N) is 2. The van der Waals surface area contributed by atoms with Crippen LogP contribution in [0.1, 0.15) is 24.4 Å². The molecule has 0 bridgehead atoms. The maximum absolute atomic E-state index is 13.7. The topological polar surface area (TPSA) is 56.1 Å². The molecule has 114 valence electrons. The molecule has 0 aromatic heterocycles. The minimum absolute atomic E-state index is 0.156. The van der Waals surface area contributed by atoms with Crippen LogP contribution in [0.15, 0.2) is 24.3 Å². The van der Waals surface area contributed by atoms with E-state index in [-0.39, 0.29) is 17.4 Å². The molecule has 5 heteroatoms. The lowest BCUT2D eigenvalue weighted by atomic mass is 9.95. The molecule has 0 radical (unpaired) electrons. The van der Waals surface area contributed by atoms with E-state index in [1.807, 2.05) is 6.07 Å². The van der Waals surface area contributed by atoms with Crippen molar-refractivity contribution in [2.45, 2.75) is 18.9 Å². The van der Waals surface area contributed by atoms with Gasteiger partial charge >= 0.3 is 0 Å². The third-order valence-electron chi connectivity index (χ3n) is 3.91. The summed E-state index contributed by atoms with van der Waals surface area (Å²) in [5.74, 6) is 1.75. The van der Waals surface area contributed by atoms with Crippen molar-refractivity contribution >= 4 is 5.91 Å².